The van der Waals surface area contributed by atoms with Crippen molar-refractivity contribution in [2.24, 2.45) is 0 Å². The van der Waals surface area contributed by atoms with Gasteiger partial charge in [-0.15, -0.1) is 10.2 Å². The fourth-order valence-corrected chi connectivity index (χ4v) is 2.10. The van der Waals surface area contributed by atoms with Gasteiger partial charge >= 0.3 is 0 Å². The van der Waals surface area contributed by atoms with E-state index in [1.54, 1.807) is 12.1 Å². The molecule has 1 aromatic heterocycles. The van der Waals surface area contributed by atoms with Crippen molar-refractivity contribution < 1.29 is 4.74 Å². The van der Waals surface area contributed by atoms with E-state index in [1.165, 1.54) is 5.56 Å². The molecule has 1 aromatic carbocycles. The summed E-state index contributed by atoms with van der Waals surface area (Å²) in [6, 6.07) is 11.5. The Morgan fingerprint density at radius 2 is 2.21 bits per heavy atom. The first-order valence-electron chi connectivity index (χ1n) is 6.00. The van der Waals surface area contributed by atoms with Gasteiger partial charge in [0.2, 0.25) is 0 Å². The molecule has 5 heteroatoms. The number of nitriles is 1. The van der Waals surface area contributed by atoms with Crippen molar-refractivity contribution in [2.45, 2.75) is 13.0 Å². The zero-order chi connectivity index (χ0) is 13.2. The normalized spacial score (nSPS) is 16.3. The van der Waals surface area contributed by atoms with E-state index in [0.717, 1.165) is 11.3 Å². The van der Waals surface area contributed by atoms with Gasteiger partial charge in [-0.25, -0.2) is 0 Å². The van der Waals surface area contributed by atoms with Crippen LogP contribution in [0.3, 0.4) is 0 Å². The summed E-state index contributed by atoms with van der Waals surface area (Å²) in [4.78, 5) is 0. The molecule has 1 aliphatic rings. The molecule has 1 unspecified atom stereocenters. The number of anilines is 1. The molecule has 3 rings (SSSR count). The first kappa shape index (κ1) is 11.5. The van der Waals surface area contributed by atoms with Crippen molar-refractivity contribution in [1.29, 1.82) is 5.26 Å². The minimum absolute atomic E-state index is 0.0668. The molecular weight excluding hydrogens is 240 g/mol. The van der Waals surface area contributed by atoms with E-state index < -0.39 is 0 Å². The number of nitrogens with one attached hydrogen (secondary N) is 1. The SMILES string of the molecule is Cc1ccc2c(c1)C(Nc1ccc(C#N)nn1)CO2. The predicted octanol–water partition coefficient (Wildman–Crippen LogP) is 2.20. The zero-order valence-corrected chi connectivity index (χ0v) is 10.4. The third-order valence-corrected chi connectivity index (χ3v) is 3.05. The average Bonchev–Trinajstić information content (AvgIpc) is 2.82. The zero-order valence-electron chi connectivity index (χ0n) is 10.4. The molecule has 2 heterocycles. The van der Waals surface area contributed by atoms with Crippen LogP contribution < -0.4 is 10.1 Å². The lowest BCUT2D eigenvalue weighted by molar-refractivity contribution is 0.339. The number of benzene rings is 1. The highest BCUT2D eigenvalue weighted by Crippen LogP contribution is 2.34. The summed E-state index contributed by atoms with van der Waals surface area (Å²) in [6.07, 6.45) is 0. The molecule has 0 spiro atoms. The van der Waals surface area contributed by atoms with Crippen molar-refractivity contribution in [3.63, 3.8) is 0 Å². The van der Waals surface area contributed by atoms with Gasteiger partial charge in [0.15, 0.2) is 5.69 Å². The van der Waals surface area contributed by atoms with Gasteiger partial charge in [0.05, 0.1) is 6.04 Å². The molecule has 0 aliphatic carbocycles. The maximum atomic E-state index is 8.68. The van der Waals surface area contributed by atoms with Crippen LogP contribution in [-0.4, -0.2) is 16.8 Å². The number of hydrogen-bond donors (Lipinski definition) is 1. The quantitative estimate of drug-likeness (QED) is 0.887. The lowest BCUT2D eigenvalue weighted by Crippen LogP contribution is -2.13. The van der Waals surface area contributed by atoms with Crippen molar-refractivity contribution in [1.82, 2.24) is 10.2 Å². The third-order valence-electron chi connectivity index (χ3n) is 3.05. The summed E-state index contributed by atoms with van der Waals surface area (Å²) in [5.74, 6) is 1.55. The van der Waals surface area contributed by atoms with Crippen LogP contribution in [0.15, 0.2) is 30.3 Å². The van der Waals surface area contributed by atoms with E-state index in [1.807, 2.05) is 18.2 Å². The topological polar surface area (TPSA) is 70.8 Å². The van der Waals surface area contributed by atoms with E-state index in [4.69, 9.17) is 10.00 Å². The van der Waals surface area contributed by atoms with Gasteiger partial charge in [0.25, 0.3) is 0 Å². The van der Waals surface area contributed by atoms with E-state index in [9.17, 15) is 0 Å². The van der Waals surface area contributed by atoms with E-state index >= 15 is 0 Å². The Kier molecular flexibility index (Phi) is 2.76. The molecule has 0 bridgehead atoms. The second-order valence-corrected chi connectivity index (χ2v) is 4.46. The van der Waals surface area contributed by atoms with Crippen molar-refractivity contribution in [3.05, 3.63) is 47.2 Å². The molecule has 0 radical (unpaired) electrons. The summed E-state index contributed by atoms with van der Waals surface area (Å²) < 4.78 is 5.62. The number of ether oxygens (including phenoxy) is 1. The maximum absolute atomic E-state index is 8.68. The second-order valence-electron chi connectivity index (χ2n) is 4.46. The van der Waals surface area contributed by atoms with Crippen LogP contribution in [0.5, 0.6) is 5.75 Å². The molecule has 1 atom stereocenters. The van der Waals surface area contributed by atoms with Crippen molar-refractivity contribution in [2.75, 3.05) is 11.9 Å². The first-order chi connectivity index (χ1) is 9.26. The average molecular weight is 252 g/mol. The Morgan fingerprint density at radius 1 is 1.32 bits per heavy atom. The summed E-state index contributed by atoms with van der Waals surface area (Å²) in [7, 11) is 0. The summed E-state index contributed by atoms with van der Waals surface area (Å²) >= 11 is 0. The number of aromatic nitrogens is 2. The molecule has 0 fully saturated rings. The predicted molar refractivity (Wildman–Crippen MR) is 69.8 cm³/mol. The Balaban J connectivity index is 1.82. The summed E-state index contributed by atoms with van der Waals surface area (Å²) in [6.45, 7) is 2.62. The van der Waals surface area contributed by atoms with Crippen LogP contribution in [0.4, 0.5) is 5.82 Å². The second kappa shape index (κ2) is 4.58. The van der Waals surface area contributed by atoms with Crippen LogP contribution in [0, 0.1) is 18.3 Å². The Labute approximate surface area is 110 Å². The highest BCUT2D eigenvalue weighted by molar-refractivity contribution is 5.47. The number of rotatable bonds is 2. The van der Waals surface area contributed by atoms with Gasteiger partial charge in [-0.2, -0.15) is 5.26 Å². The molecule has 0 amide bonds. The maximum Gasteiger partial charge on any atom is 0.163 e. The van der Waals surface area contributed by atoms with Crippen molar-refractivity contribution >= 4 is 5.82 Å². The van der Waals surface area contributed by atoms with Gasteiger partial charge in [0.1, 0.15) is 24.2 Å². The molecule has 0 saturated carbocycles. The number of fused-ring (bicyclic) bond motifs is 1. The van der Waals surface area contributed by atoms with Gasteiger partial charge in [-0.3, -0.25) is 0 Å². The molecule has 2 aromatic rings. The highest BCUT2D eigenvalue weighted by Gasteiger charge is 2.24. The van der Waals surface area contributed by atoms with E-state index in [-0.39, 0.29) is 6.04 Å². The van der Waals surface area contributed by atoms with Gasteiger partial charge in [-0.05, 0) is 25.1 Å². The molecule has 19 heavy (non-hydrogen) atoms. The highest BCUT2D eigenvalue weighted by atomic mass is 16.5. The first-order valence-corrected chi connectivity index (χ1v) is 6.00. The minimum atomic E-state index is 0.0668. The van der Waals surface area contributed by atoms with E-state index in [2.05, 4.69) is 28.5 Å². The smallest absolute Gasteiger partial charge is 0.163 e. The largest absolute Gasteiger partial charge is 0.491 e. The molecule has 1 aliphatic heterocycles. The number of nitrogens with zero attached hydrogens (tertiary/aromatic N) is 3. The Morgan fingerprint density at radius 3 is 2.95 bits per heavy atom. The minimum Gasteiger partial charge on any atom is -0.491 e. The van der Waals surface area contributed by atoms with Crippen LogP contribution in [0.1, 0.15) is 22.9 Å². The van der Waals surface area contributed by atoms with Gasteiger partial charge < -0.3 is 10.1 Å². The number of aryl methyl sites for hydroxylation is 1. The molecule has 94 valence electrons. The van der Waals surface area contributed by atoms with Crippen molar-refractivity contribution in [3.8, 4) is 11.8 Å². The summed E-state index contributed by atoms with van der Waals surface area (Å²) in [5, 5.41) is 19.7. The lowest BCUT2D eigenvalue weighted by Gasteiger charge is -2.11. The third kappa shape index (κ3) is 2.20. The van der Waals surface area contributed by atoms with Gasteiger partial charge in [0, 0.05) is 5.56 Å². The van der Waals surface area contributed by atoms with Crippen LogP contribution in [0.2, 0.25) is 0 Å². The van der Waals surface area contributed by atoms with Crippen LogP contribution in [-0.2, 0) is 0 Å². The summed E-state index contributed by atoms with van der Waals surface area (Å²) in [5.41, 5.74) is 2.64. The molecule has 1 N–H and O–H groups in total. The standard InChI is InChI=1S/C14H12N4O/c1-9-2-4-13-11(6-9)12(8-19-13)16-14-5-3-10(7-15)17-18-14/h2-6,12H,8H2,1H3,(H,16,18). The molecule has 0 saturated heterocycles. The molecular formula is C14H12N4O. The fraction of sp³-hybridized carbons (Fsp3) is 0.214. The Hall–Kier alpha value is -2.61. The Bertz CT molecular complexity index is 645. The van der Waals surface area contributed by atoms with Gasteiger partial charge in [-0.1, -0.05) is 17.7 Å². The fourth-order valence-electron chi connectivity index (χ4n) is 2.10. The van der Waals surface area contributed by atoms with E-state index in [0.29, 0.717) is 18.1 Å². The lowest BCUT2D eigenvalue weighted by atomic mass is 10.1. The van der Waals surface area contributed by atoms with Crippen LogP contribution in [0.25, 0.3) is 0 Å². The van der Waals surface area contributed by atoms with Crippen LogP contribution >= 0.6 is 0 Å². The molecule has 5 nitrogen and oxygen atoms in total. The monoisotopic (exact) mass is 252 g/mol. The number of hydrogen-bond acceptors (Lipinski definition) is 5.